The number of fused-ring (bicyclic) bond motifs is 5. The van der Waals surface area contributed by atoms with Gasteiger partial charge in [-0.2, -0.15) is 0 Å². The Hall–Kier alpha value is -6.94. The van der Waals surface area contributed by atoms with Crippen LogP contribution in [0.25, 0.3) is 76.9 Å². The van der Waals surface area contributed by atoms with Crippen LogP contribution in [0.2, 0.25) is 0 Å². The lowest BCUT2D eigenvalue weighted by Gasteiger charge is -2.23. The SMILES string of the molecule is Oc1c(O)c(O)c(-c2c(O)c(O)c(O)c(O)c2-c2c3ccccc3c(-c3ccc4oc5ccccc5c4c3)c3ccccc23)c(O)c1O. The lowest BCUT2D eigenvalue weighted by atomic mass is 9.82. The van der Waals surface area contributed by atoms with E-state index in [4.69, 9.17) is 4.42 Å². The molecule has 0 bridgehead atoms. The lowest BCUT2D eigenvalue weighted by molar-refractivity contribution is 0.329. The molecule has 0 aliphatic heterocycles. The normalized spacial score (nSPS) is 11.7. The molecule has 0 atom stereocenters. The van der Waals surface area contributed by atoms with E-state index in [2.05, 4.69) is 0 Å². The summed E-state index contributed by atoms with van der Waals surface area (Å²) >= 11 is 0. The van der Waals surface area contributed by atoms with E-state index in [0.29, 0.717) is 27.1 Å². The van der Waals surface area contributed by atoms with Gasteiger partial charge in [-0.05, 0) is 50.9 Å². The van der Waals surface area contributed by atoms with Gasteiger partial charge in [-0.1, -0.05) is 72.8 Å². The van der Waals surface area contributed by atoms with Crippen molar-refractivity contribution >= 4 is 43.5 Å². The van der Waals surface area contributed by atoms with Gasteiger partial charge in [0.1, 0.15) is 11.2 Å². The van der Waals surface area contributed by atoms with E-state index in [9.17, 15) is 46.0 Å². The fraction of sp³-hybridized carbons (Fsp3) is 0. The van der Waals surface area contributed by atoms with Crippen LogP contribution in [0, 0.1) is 0 Å². The summed E-state index contributed by atoms with van der Waals surface area (Å²) in [6.45, 7) is 0. The zero-order valence-corrected chi connectivity index (χ0v) is 24.6. The molecule has 0 saturated heterocycles. The van der Waals surface area contributed by atoms with Crippen LogP contribution in [0.5, 0.6) is 51.7 Å². The average Bonchev–Trinajstić information content (AvgIpc) is 3.48. The van der Waals surface area contributed by atoms with Crippen molar-refractivity contribution < 1.29 is 50.4 Å². The number of benzene rings is 7. The molecule has 7 aromatic carbocycles. The van der Waals surface area contributed by atoms with Gasteiger partial charge in [0, 0.05) is 27.5 Å². The summed E-state index contributed by atoms with van der Waals surface area (Å²) in [5, 5.41) is 101. The fourth-order valence-corrected chi connectivity index (χ4v) is 6.70. The van der Waals surface area contributed by atoms with Crippen LogP contribution in [0.4, 0.5) is 0 Å². The summed E-state index contributed by atoms with van der Waals surface area (Å²) in [5.74, 6) is -10.5. The molecular formula is C38H24O10. The van der Waals surface area contributed by atoms with Crippen LogP contribution >= 0.6 is 0 Å². The van der Waals surface area contributed by atoms with Gasteiger partial charge >= 0.3 is 0 Å². The Morgan fingerprint density at radius 3 is 1.19 bits per heavy atom. The molecule has 0 radical (unpaired) electrons. The second kappa shape index (κ2) is 10.0. The third-order valence-corrected chi connectivity index (χ3v) is 8.86. The van der Waals surface area contributed by atoms with Crippen LogP contribution < -0.4 is 0 Å². The largest absolute Gasteiger partial charge is 0.504 e. The first-order valence-corrected chi connectivity index (χ1v) is 14.6. The second-order valence-electron chi connectivity index (χ2n) is 11.4. The number of aromatic hydroxyl groups is 9. The predicted octanol–water partition coefficient (Wildman–Crippen LogP) is 8.24. The molecule has 1 heterocycles. The molecule has 9 N–H and O–H groups in total. The van der Waals surface area contributed by atoms with E-state index in [1.807, 2.05) is 66.7 Å². The summed E-state index contributed by atoms with van der Waals surface area (Å²) in [6.07, 6.45) is 0. The first-order valence-electron chi connectivity index (χ1n) is 14.6. The number of phenols is 9. The summed E-state index contributed by atoms with van der Waals surface area (Å²) in [7, 11) is 0. The van der Waals surface area contributed by atoms with Crippen molar-refractivity contribution in [2.75, 3.05) is 0 Å². The number of para-hydroxylation sites is 1. The third kappa shape index (κ3) is 3.74. The van der Waals surface area contributed by atoms with Gasteiger partial charge in [-0.25, -0.2) is 0 Å². The molecule has 0 spiro atoms. The molecule has 1 aromatic heterocycles. The van der Waals surface area contributed by atoms with Crippen molar-refractivity contribution in [1.29, 1.82) is 0 Å². The molecule has 0 amide bonds. The van der Waals surface area contributed by atoms with Crippen molar-refractivity contribution in [3.8, 4) is 85.1 Å². The Balaban J connectivity index is 1.55. The van der Waals surface area contributed by atoms with E-state index in [1.165, 1.54) is 0 Å². The van der Waals surface area contributed by atoms with Crippen LogP contribution in [-0.2, 0) is 0 Å². The Morgan fingerprint density at radius 2 is 0.667 bits per heavy atom. The standard InChI is InChI=1S/C38H24O10/c39-30-27(28(31(40)35(44)34(30)43)29-32(41)36(45)38(47)37(46)33(29)42)26-20-10-3-1-8-18(20)25(19-9-2-4-11-21(19)26)16-13-14-24-22(15-16)17-7-5-6-12-23(17)48-24/h1-15,39-47H. The predicted molar refractivity (Wildman–Crippen MR) is 180 cm³/mol. The number of rotatable bonds is 3. The van der Waals surface area contributed by atoms with Crippen molar-refractivity contribution in [3.63, 3.8) is 0 Å². The number of phenolic OH excluding ortho intramolecular Hbond substituents is 9. The maximum absolute atomic E-state index is 11.5. The zero-order valence-electron chi connectivity index (χ0n) is 24.6. The number of hydrogen-bond acceptors (Lipinski definition) is 10. The van der Waals surface area contributed by atoms with Gasteiger partial charge in [-0.15, -0.1) is 0 Å². The van der Waals surface area contributed by atoms with Crippen LogP contribution in [0.15, 0.2) is 95.4 Å². The second-order valence-corrected chi connectivity index (χ2v) is 11.4. The van der Waals surface area contributed by atoms with Gasteiger partial charge in [0.25, 0.3) is 0 Å². The molecule has 0 unspecified atom stereocenters. The number of furan rings is 1. The Kier molecular flexibility index (Phi) is 5.96. The molecule has 8 rings (SSSR count). The fourth-order valence-electron chi connectivity index (χ4n) is 6.70. The minimum atomic E-state index is -1.25. The van der Waals surface area contributed by atoms with Gasteiger partial charge in [0.2, 0.25) is 28.7 Å². The third-order valence-electron chi connectivity index (χ3n) is 8.86. The van der Waals surface area contributed by atoms with Crippen LogP contribution in [0.1, 0.15) is 0 Å². The molecule has 48 heavy (non-hydrogen) atoms. The highest BCUT2D eigenvalue weighted by atomic mass is 16.4. The molecule has 8 aromatic rings. The van der Waals surface area contributed by atoms with Crippen molar-refractivity contribution in [2.24, 2.45) is 0 Å². The van der Waals surface area contributed by atoms with E-state index in [1.54, 1.807) is 24.3 Å². The van der Waals surface area contributed by atoms with Crippen molar-refractivity contribution in [2.45, 2.75) is 0 Å². The van der Waals surface area contributed by atoms with E-state index >= 15 is 0 Å². The van der Waals surface area contributed by atoms with Crippen LogP contribution in [0.3, 0.4) is 0 Å². The highest BCUT2D eigenvalue weighted by molar-refractivity contribution is 6.24. The topological polar surface area (TPSA) is 195 Å². The Morgan fingerprint density at radius 1 is 0.292 bits per heavy atom. The highest BCUT2D eigenvalue weighted by Crippen LogP contribution is 2.63. The van der Waals surface area contributed by atoms with Crippen molar-refractivity contribution in [1.82, 2.24) is 0 Å². The van der Waals surface area contributed by atoms with Gasteiger partial charge in [0.05, 0.1) is 5.56 Å². The first-order chi connectivity index (χ1) is 23.1. The zero-order chi connectivity index (χ0) is 33.6. The van der Waals surface area contributed by atoms with Crippen molar-refractivity contribution in [3.05, 3.63) is 91.0 Å². The monoisotopic (exact) mass is 640 g/mol. The Bertz CT molecular complexity index is 2590. The summed E-state index contributed by atoms with van der Waals surface area (Å²) in [4.78, 5) is 0. The maximum atomic E-state index is 11.5. The molecular weight excluding hydrogens is 616 g/mol. The van der Waals surface area contributed by atoms with E-state index < -0.39 is 62.9 Å². The van der Waals surface area contributed by atoms with Gasteiger partial charge < -0.3 is 50.4 Å². The minimum absolute atomic E-state index is 0.198. The number of hydrogen-bond donors (Lipinski definition) is 9. The van der Waals surface area contributed by atoms with E-state index in [0.717, 1.165) is 27.5 Å². The summed E-state index contributed by atoms with van der Waals surface area (Å²) in [6, 6.07) is 27.8. The molecule has 10 heteroatoms. The van der Waals surface area contributed by atoms with Crippen LogP contribution in [-0.4, -0.2) is 46.0 Å². The van der Waals surface area contributed by atoms with E-state index in [-0.39, 0.29) is 11.1 Å². The molecule has 0 aliphatic rings. The Labute approximate surface area is 269 Å². The van der Waals surface area contributed by atoms with Gasteiger partial charge in [0.15, 0.2) is 23.0 Å². The molecule has 0 aliphatic carbocycles. The highest BCUT2D eigenvalue weighted by Gasteiger charge is 2.34. The minimum Gasteiger partial charge on any atom is -0.504 e. The smallest absolute Gasteiger partial charge is 0.208 e. The van der Waals surface area contributed by atoms with Gasteiger partial charge in [-0.3, -0.25) is 0 Å². The lowest BCUT2D eigenvalue weighted by Crippen LogP contribution is -1.95. The molecule has 0 fully saturated rings. The summed E-state index contributed by atoms with van der Waals surface area (Å²) in [5.41, 5.74) is 1.41. The molecule has 236 valence electrons. The average molecular weight is 641 g/mol. The summed E-state index contributed by atoms with van der Waals surface area (Å²) < 4.78 is 6.05. The quantitative estimate of drug-likeness (QED) is 0.0515. The maximum Gasteiger partial charge on any atom is 0.208 e. The first kappa shape index (κ1) is 28.5. The molecule has 0 saturated carbocycles. The molecule has 10 nitrogen and oxygen atoms in total.